The highest BCUT2D eigenvalue weighted by molar-refractivity contribution is 5.87. The predicted molar refractivity (Wildman–Crippen MR) is 89.4 cm³/mol. The molecule has 1 aromatic rings. The number of nitrogens with one attached hydrogen (secondary N) is 1. The van der Waals surface area contributed by atoms with Crippen molar-refractivity contribution >= 4 is 11.8 Å². The molecule has 0 saturated carbocycles. The van der Waals surface area contributed by atoms with Crippen molar-refractivity contribution in [3.63, 3.8) is 0 Å². The van der Waals surface area contributed by atoms with Gasteiger partial charge < -0.3 is 15.0 Å². The molecule has 0 unspecified atom stereocenters. The zero-order chi connectivity index (χ0) is 16.8. The Labute approximate surface area is 138 Å². The van der Waals surface area contributed by atoms with Gasteiger partial charge in [0, 0.05) is 13.5 Å². The van der Waals surface area contributed by atoms with Crippen molar-refractivity contribution in [1.29, 1.82) is 0 Å². The Hall–Kier alpha value is -2.04. The number of likely N-dealkylation sites (tertiary alicyclic amines) is 1. The first-order valence-electron chi connectivity index (χ1n) is 8.26. The first-order valence-corrected chi connectivity index (χ1v) is 8.26. The number of ether oxygens (including phenoxy) is 1. The minimum Gasteiger partial charge on any atom is -0.492 e. The van der Waals surface area contributed by atoms with E-state index in [-0.39, 0.29) is 17.9 Å². The zero-order valence-electron chi connectivity index (χ0n) is 14.2. The maximum atomic E-state index is 12.1. The van der Waals surface area contributed by atoms with Gasteiger partial charge in [-0.3, -0.25) is 9.59 Å². The molecule has 2 amide bonds. The quantitative estimate of drug-likeness (QED) is 0.819. The van der Waals surface area contributed by atoms with Gasteiger partial charge in [0.15, 0.2) is 0 Å². The summed E-state index contributed by atoms with van der Waals surface area (Å²) in [5.41, 5.74) is 1.27. The van der Waals surface area contributed by atoms with Crippen LogP contribution in [0.5, 0.6) is 5.75 Å². The van der Waals surface area contributed by atoms with Crippen LogP contribution >= 0.6 is 0 Å². The molecular weight excluding hydrogens is 292 g/mol. The number of hydrogen-bond acceptors (Lipinski definition) is 3. The summed E-state index contributed by atoms with van der Waals surface area (Å²) >= 11 is 0. The molecule has 1 aromatic carbocycles. The van der Waals surface area contributed by atoms with Crippen LogP contribution in [0.15, 0.2) is 24.3 Å². The van der Waals surface area contributed by atoms with E-state index in [2.05, 4.69) is 31.3 Å². The molecule has 5 nitrogen and oxygen atoms in total. The highest BCUT2D eigenvalue weighted by Gasteiger charge is 2.31. The fraction of sp³-hybridized carbons (Fsp3) is 0.556. The molecule has 5 heteroatoms. The van der Waals surface area contributed by atoms with Crippen molar-refractivity contribution in [3.8, 4) is 5.75 Å². The smallest absolute Gasteiger partial charge is 0.242 e. The van der Waals surface area contributed by atoms with Crippen LogP contribution in [-0.2, 0) is 9.59 Å². The predicted octanol–water partition coefficient (Wildman–Crippen LogP) is 2.32. The molecule has 1 fully saturated rings. The number of amides is 2. The molecule has 1 heterocycles. The summed E-state index contributed by atoms with van der Waals surface area (Å²) < 4.78 is 5.63. The fourth-order valence-electron chi connectivity index (χ4n) is 2.83. The molecule has 1 saturated heterocycles. The Bertz CT molecular complexity index is 540. The monoisotopic (exact) mass is 318 g/mol. The molecule has 0 radical (unpaired) electrons. The highest BCUT2D eigenvalue weighted by atomic mass is 16.5. The molecule has 0 spiro atoms. The third kappa shape index (κ3) is 4.71. The summed E-state index contributed by atoms with van der Waals surface area (Å²) in [6.45, 7) is 7.34. The number of hydrogen-bond donors (Lipinski definition) is 1. The summed E-state index contributed by atoms with van der Waals surface area (Å²) in [4.78, 5) is 25.2. The van der Waals surface area contributed by atoms with Gasteiger partial charge in [0.2, 0.25) is 11.8 Å². The van der Waals surface area contributed by atoms with Crippen LogP contribution < -0.4 is 10.1 Å². The average molecular weight is 318 g/mol. The van der Waals surface area contributed by atoms with Gasteiger partial charge in [-0.2, -0.15) is 0 Å². The molecule has 126 valence electrons. The van der Waals surface area contributed by atoms with Crippen LogP contribution in [0, 0.1) is 0 Å². The summed E-state index contributed by atoms with van der Waals surface area (Å²) in [5.74, 6) is 1.18. The van der Waals surface area contributed by atoms with Gasteiger partial charge >= 0.3 is 0 Å². The van der Waals surface area contributed by atoms with Gasteiger partial charge in [0.25, 0.3) is 0 Å². The third-order valence-electron chi connectivity index (χ3n) is 4.18. The van der Waals surface area contributed by atoms with E-state index in [0.29, 0.717) is 25.6 Å². The van der Waals surface area contributed by atoms with E-state index in [4.69, 9.17) is 4.74 Å². The van der Waals surface area contributed by atoms with Crippen LogP contribution in [0.3, 0.4) is 0 Å². The topological polar surface area (TPSA) is 58.6 Å². The van der Waals surface area contributed by atoms with Crippen molar-refractivity contribution in [1.82, 2.24) is 10.2 Å². The van der Waals surface area contributed by atoms with Crippen LogP contribution in [0.4, 0.5) is 0 Å². The molecule has 1 aliphatic heterocycles. The van der Waals surface area contributed by atoms with Crippen molar-refractivity contribution in [2.45, 2.75) is 45.6 Å². The summed E-state index contributed by atoms with van der Waals surface area (Å²) in [6, 6.07) is 7.69. The SMILES string of the molecule is CC(=O)N1CCC[C@H]1C(=O)NCCOc1ccc(C(C)C)cc1. The molecule has 1 N–H and O–H groups in total. The lowest BCUT2D eigenvalue weighted by Crippen LogP contribution is -2.46. The van der Waals surface area contributed by atoms with E-state index in [9.17, 15) is 9.59 Å². The van der Waals surface area contributed by atoms with E-state index in [1.807, 2.05) is 12.1 Å². The second kappa shape index (κ2) is 7.99. The standard InChI is InChI=1S/C18H26N2O3/c1-13(2)15-6-8-16(9-7-15)23-12-10-19-18(22)17-5-4-11-20(17)14(3)21/h6-9,13,17H,4-5,10-12H2,1-3H3,(H,19,22)/t17-/m0/s1. The Morgan fingerprint density at radius 3 is 2.61 bits per heavy atom. The molecule has 2 rings (SSSR count). The fourth-order valence-corrected chi connectivity index (χ4v) is 2.83. The first kappa shape index (κ1) is 17.3. The zero-order valence-corrected chi connectivity index (χ0v) is 14.2. The normalized spacial score (nSPS) is 17.4. The molecule has 0 aromatic heterocycles. The Kier molecular flexibility index (Phi) is 6.02. The average Bonchev–Trinajstić information content (AvgIpc) is 3.01. The molecule has 0 aliphatic carbocycles. The Morgan fingerprint density at radius 1 is 1.30 bits per heavy atom. The van der Waals surface area contributed by atoms with Crippen LogP contribution in [0.1, 0.15) is 45.1 Å². The Morgan fingerprint density at radius 2 is 2.00 bits per heavy atom. The minimum atomic E-state index is -0.321. The maximum absolute atomic E-state index is 12.1. The van der Waals surface area contributed by atoms with Crippen molar-refractivity contribution in [3.05, 3.63) is 29.8 Å². The molecule has 1 atom stereocenters. The number of carbonyl (C=O) groups excluding carboxylic acids is 2. The van der Waals surface area contributed by atoms with Crippen LogP contribution in [-0.4, -0.2) is 42.5 Å². The van der Waals surface area contributed by atoms with Gasteiger partial charge in [-0.05, 0) is 36.5 Å². The maximum Gasteiger partial charge on any atom is 0.242 e. The molecular formula is C18H26N2O3. The van der Waals surface area contributed by atoms with E-state index < -0.39 is 0 Å². The second-order valence-corrected chi connectivity index (χ2v) is 6.23. The van der Waals surface area contributed by atoms with Gasteiger partial charge in [0.1, 0.15) is 18.4 Å². The van der Waals surface area contributed by atoms with Gasteiger partial charge in [0.05, 0.1) is 6.54 Å². The lowest BCUT2D eigenvalue weighted by molar-refractivity contribution is -0.136. The van der Waals surface area contributed by atoms with Crippen molar-refractivity contribution in [2.75, 3.05) is 19.7 Å². The van der Waals surface area contributed by atoms with Gasteiger partial charge in [-0.15, -0.1) is 0 Å². The van der Waals surface area contributed by atoms with Gasteiger partial charge in [-0.25, -0.2) is 0 Å². The van der Waals surface area contributed by atoms with Gasteiger partial charge in [-0.1, -0.05) is 26.0 Å². The number of rotatable bonds is 6. The largest absolute Gasteiger partial charge is 0.492 e. The van der Waals surface area contributed by atoms with Crippen molar-refractivity contribution < 1.29 is 14.3 Å². The summed E-state index contributed by atoms with van der Waals surface area (Å²) in [6.07, 6.45) is 1.62. The summed E-state index contributed by atoms with van der Waals surface area (Å²) in [5, 5.41) is 2.85. The number of carbonyl (C=O) groups is 2. The third-order valence-corrected chi connectivity index (χ3v) is 4.18. The second-order valence-electron chi connectivity index (χ2n) is 6.23. The van der Waals surface area contributed by atoms with E-state index in [1.165, 1.54) is 12.5 Å². The summed E-state index contributed by atoms with van der Waals surface area (Å²) in [7, 11) is 0. The molecule has 1 aliphatic rings. The Balaban J connectivity index is 1.72. The number of benzene rings is 1. The van der Waals surface area contributed by atoms with E-state index >= 15 is 0 Å². The van der Waals surface area contributed by atoms with Crippen molar-refractivity contribution in [2.24, 2.45) is 0 Å². The van der Waals surface area contributed by atoms with E-state index in [0.717, 1.165) is 18.6 Å². The lowest BCUT2D eigenvalue weighted by atomic mass is 10.0. The van der Waals surface area contributed by atoms with E-state index in [1.54, 1.807) is 4.90 Å². The number of nitrogens with zero attached hydrogens (tertiary/aromatic N) is 1. The van der Waals surface area contributed by atoms with Crippen LogP contribution in [0.25, 0.3) is 0 Å². The lowest BCUT2D eigenvalue weighted by Gasteiger charge is -2.22. The molecule has 0 bridgehead atoms. The molecule has 23 heavy (non-hydrogen) atoms. The minimum absolute atomic E-state index is 0.0378. The first-order chi connectivity index (χ1) is 11.0. The highest BCUT2D eigenvalue weighted by Crippen LogP contribution is 2.19. The van der Waals surface area contributed by atoms with Crippen LogP contribution in [0.2, 0.25) is 0 Å².